The van der Waals surface area contributed by atoms with Crippen LogP contribution < -0.4 is 0 Å². The lowest BCUT2D eigenvalue weighted by Gasteiger charge is -2.25. The molecule has 88 valence electrons. The van der Waals surface area contributed by atoms with Gasteiger partial charge in [0.15, 0.2) is 0 Å². The van der Waals surface area contributed by atoms with Gasteiger partial charge < -0.3 is 9.90 Å². The van der Waals surface area contributed by atoms with Gasteiger partial charge in [-0.2, -0.15) is 0 Å². The summed E-state index contributed by atoms with van der Waals surface area (Å²) in [6, 6.07) is 0. The van der Waals surface area contributed by atoms with Crippen molar-refractivity contribution in [1.29, 1.82) is 0 Å². The average Bonchev–Trinajstić information content (AvgIpc) is 2.20. The molecular formula is C13H24O2. The van der Waals surface area contributed by atoms with Gasteiger partial charge in [0, 0.05) is 6.42 Å². The van der Waals surface area contributed by atoms with E-state index in [1.54, 1.807) is 6.92 Å². The van der Waals surface area contributed by atoms with Crippen molar-refractivity contribution in [2.45, 2.75) is 70.8 Å². The summed E-state index contributed by atoms with van der Waals surface area (Å²) in [5.41, 5.74) is 0. The molecule has 0 unspecified atom stereocenters. The highest BCUT2D eigenvalue weighted by Crippen LogP contribution is 2.28. The Morgan fingerprint density at radius 3 is 2.40 bits per heavy atom. The zero-order chi connectivity index (χ0) is 11.1. The highest BCUT2D eigenvalue weighted by molar-refractivity contribution is 5.75. The minimum absolute atomic E-state index is 0.0287. The number of Topliss-reactive ketones (excluding diaryl/α,β-unsaturated/α-hetero) is 1. The quantitative estimate of drug-likeness (QED) is 0.687. The van der Waals surface area contributed by atoms with Gasteiger partial charge in [-0.3, -0.25) is 0 Å². The zero-order valence-corrected chi connectivity index (χ0v) is 9.87. The second-order valence-electron chi connectivity index (χ2n) is 4.98. The molecule has 1 rings (SSSR count). The second-order valence-corrected chi connectivity index (χ2v) is 4.98. The predicted octanol–water partition coefficient (Wildman–Crippen LogP) is 3.08. The number of rotatable bonds is 6. The van der Waals surface area contributed by atoms with E-state index < -0.39 is 0 Å². The van der Waals surface area contributed by atoms with E-state index in [0.717, 1.165) is 31.6 Å². The first-order valence-electron chi connectivity index (χ1n) is 6.36. The first-order valence-corrected chi connectivity index (χ1v) is 6.36. The molecule has 2 nitrogen and oxygen atoms in total. The van der Waals surface area contributed by atoms with E-state index in [2.05, 4.69) is 0 Å². The first kappa shape index (κ1) is 12.7. The third-order valence-electron chi connectivity index (χ3n) is 3.46. The van der Waals surface area contributed by atoms with Crippen LogP contribution in [0.25, 0.3) is 0 Å². The maximum atomic E-state index is 10.7. The molecule has 1 aliphatic carbocycles. The van der Waals surface area contributed by atoms with Crippen LogP contribution in [0.1, 0.15) is 64.7 Å². The van der Waals surface area contributed by atoms with Crippen LogP contribution in [0, 0.1) is 5.92 Å². The molecule has 15 heavy (non-hydrogen) atoms. The van der Waals surface area contributed by atoms with E-state index in [0.29, 0.717) is 5.78 Å². The Kier molecular flexibility index (Phi) is 5.92. The summed E-state index contributed by atoms with van der Waals surface area (Å²) in [7, 11) is 0. The molecule has 0 spiro atoms. The molecule has 0 aromatic carbocycles. The van der Waals surface area contributed by atoms with Crippen LogP contribution in [0.5, 0.6) is 0 Å². The second kappa shape index (κ2) is 7.00. The normalized spacial score (nSPS) is 26.5. The van der Waals surface area contributed by atoms with Gasteiger partial charge in [0.25, 0.3) is 0 Å². The molecule has 0 atom stereocenters. The summed E-state index contributed by atoms with van der Waals surface area (Å²) in [4.78, 5) is 10.7. The number of unbranched alkanes of at least 4 members (excludes halogenated alkanes) is 2. The van der Waals surface area contributed by atoms with Gasteiger partial charge in [0.1, 0.15) is 5.78 Å². The minimum atomic E-state index is -0.0287. The molecule has 0 aromatic rings. The van der Waals surface area contributed by atoms with Crippen molar-refractivity contribution in [2.75, 3.05) is 0 Å². The fourth-order valence-corrected chi connectivity index (χ4v) is 2.42. The van der Waals surface area contributed by atoms with E-state index in [1.165, 1.54) is 32.1 Å². The van der Waals surface area contributed by atoms with Crippen molar-refractivity contribution in [3.63, 3.8) is 0 Å². The molecule has 0 radical (unpaired) electrons. The summed E-state index contributed by atoms with van der Waals surface area (Å²) in [6.45, 7) is 1.67. The highest BCUT2D eigenvalue weighted by atomic mass is 16.3. The van der Waals surface area contributed by atoms with E-state index in [1.807, 2.05) is 0 Å². The number of hydrogen-bond donors (Lipinski definition) is 1. The van der Waals surface area contributed by atoms with Crippen LogP contribution in [0.15, 0.2) is 0 Å². The number of aliphatic hydroxyl groups excluding tert-OH is 1. The number of hydrogen-bond acceptors (Lipinski definition) is 2. The topological polar surface area (TPSA) is 37.3 Å². The van der Waals surface area contributed by atoms with Crippen molar-refractivity contribution in [2.24, 2.45) is 5.92 Å². The Morgan fingerprint density at radius 1 is 1.13 bits per heavy atom. The fraction of sp³-hybridized carbons (Fsp3) is 0.923. The molecule has 0 bridgehead atoms. The summed E-state index contributed by atoms with van der Waals surface area (Å²) in [5.74, 6) is 1.15. The van der Waals surface area contributed by atoms with Crippen LogP contribution in [-0.4, -0.2) is 17.0 Å². The molecule has 0 aliphatic heterocycles. The lowest BCUT2D eigenvalue weighted by molar-refractivity contribution is -0.117. The maximum absolute atomic E-state index is 10.7. The molecule has 1 fully saturated rings. The molecule has 0 heterocycles. The van der Waals surface area contributed by atoms with Gasteiger partial charge in [-0.25, -0.2) is 0 Å². The molecule has 0 amide bonds. The lowest BCUT2D eigenvalue weighted by atomic mass is 9.84. The van der Waals surface area contributed by atoms with Gasteiger partial charge in [0.2, 0.25) is 0 Å². The Balaban J connectivity index is 1.94. The smallest absolute Gasteiger partial charge is 0.129 e. The molecule has 0 aromatic heterocycles. The van der Waals surface area contributed by atoms with Gasteiger partial charge in [0.05, 0.1) is 6.10 Å². The van der Waals surface area contributed by atoms with Crippen molar-refractivity contribution in [1.82, 2.24) is 0 Å². The Bertz CT molecular complexity index is 181. The van der Waals surface area contributed by atoms with Gasteiger partial charge in [-0.1, -0.05) is 19.3 Å². The van der Waals surface area contributed by atoms with Crippen molar-refractivity contribution in [3.8, 4) is 0 Å². The third-order valence-corrected chi connectivity index (χ3v) is 3.46. The molecule has 2 heteroatoms. The maximum Gasteiger partial charge on any atom is 0.129 e. The summed E-state index contributed by atoms with van der Waals surface area (Å²) < 4.78 is 0. The van der Waals surface area contributed by atoms with Gasteiger partial charge >= 0.3 is 0 Å². The molecule has 1 aliphatic rings. The number of aliphatic hydroxyl groups is 1. The lowest BCUT2D eigenvalue weighted by Crippen LogP contribution is -2.17. The molecule has 0 saturated heterocycles. The number of ketones is 1. The largest absolute Gasteiger partial charge is 0.393 e. The monoisotopic (exact) mass is 212 g/mol. The van der Waals surface area contributed by atoms with E-state index in [9.17, 15) is 9.90 Å². The van der Waals surface area contributed by atoms with E-state index in [4.69, 9.17) is 0 Å². The van der Waals surface area contributed by atoms with Crippen LogP contribution in [-0.2, 0) is 4.79 Å². The van der Waals surface area contributed by atoms with Crippen LogP contribution >= 0.6 is 0 Å². The average molecular weight is 212 g/mol. The summed E-state index contributed by atoms with van der Waals surface area (Å²) >= 11 is 0. The van der Waals surface area contributed by atoms with E-state index in [-0.39, 0.29) is 6.10 Å². The van der Waals surface area contributed by atoms with Crippen LogP contribution in [0.2, 0.25) is 0 Å². The standard InChI is InChI=1S/C13H24O2/c1-11(14)5-3-2-4-6-12-7-9-13(15)10-8-12/h12-13,15H,2-10H2,1H3. The van der Waals surface area contributed by atoms with Crippen molar-refractivity contribution >= 4 is 5.78 Å². The fourth-order valence-electron chi connectivity index (χ4n) is 2.42. The molecule has 1 saturated carbocycles. The molecular weight excluding hydrogens is 188 g/mol. The number of carbonyl (C=O) groups excluding carboxylic acids is 1. The van der Waals surface area contributed by atoms with Gasteiger partial charge in [-0.15, -0.1) is 0 Å². The highest BCUT2D eigenvalue weighted by Gasteiger charge is 2.18. The Labute approximate surface area is 93.1 Å². The SMILES string of the molecule is CC(=O)CCCCCC1CCC(O)CC1. The minimum Gasteiger partial charge on any atom is -0.393 e. The Morgan fingerprint density at radius 2 is 1.80 bits per heavy atom. The van der Waals surface area contributed by atoms with Crippen molar-refractivity contribution < 1.29 is 9.90 Å². The number of carbonyl (C=O) groups is 1. The predicted molar refractivity (Wildman–Crippen MR) is 61.7 cm³/mol. The van der Waals surface area contributed by atoms with Crippen LogP contribution in [0.3, 0.4) is 0 Å². The Hall–Kier alpha value is -0.370. The van der Waals surface area contributed by atoms with Crippen LogP contribution in [0.4, 0.5) is 0 Å². The first-order chi connectivity index (χ1) is 7.18. The molecule has 1 N–H and O–H groups in total. The summed E-state index contributed by atoms with van der Waals surface area (Å²) in [5, 5.41) is 9.36. The third kappa shape index (κ3) is 5.93. The van der Waals surface area contributed by atoms with Crippen molar-refractivity contribution in [3.05, 3.63) is 0 Å². The van der Waals surface area contributed by atoms with E-state index >= 15 is 0 Å². The van der Waals surface area contributed by atoms with Gasteiger partial charge in [-0.05, 0) is 44.9 Å². The zero-order valence-electron chi connectivity index (χ0n) is 9.87. The summed E-state index contributed by atoms with van der Waals surface area (Å²) in [6.07, 6.45) is 9.93.